The van der Waals surface area contributed by atoms with Crippen LogP contribution in [0.1, 0.15) is 37.4 Å². The fourth-order valence-electron chi connectivity index (χ4n) is 3.02. The highest BCUT2D eigenvalue weighted by molar-refractivity contribution is 7.13. The monoisotopic (exact) mass is 349 g/mol. The summed E-state index contributed by atoms with van der Waals surface area (Å²) in [5.74, 6) is 0.642. The van der Waals surface area contributed by atoms with E-state index in [2.05, 4.69) is 15.3 Å². The van der Waals surface area contributed by atoms with Crippen molar-refractivity contribution in [3.8, 4) is 0 Å². The minimum atomic E-state index is -0.660. The Labute approximate surface area is 145 Å². The Morgan fingerprint density at radius 2 is 2.42 bits per heavy atom. The third-order valence-electron chi connectivity index (χ3n) is 4.44. The number of aliphatic hydroxyl groups is 1. The van der Waals surface area contributed by atoms with Gasteiger partial charge in [0.15, 0.2) is 5.13 Å². The number of hydrogen-bond donors (Lipinski definition) is 2. The Morgan fingerprint density at radius 3 is 3.08 bits per heavy atom. The van der Waals surface area contributed by atoms with Crippen LogP contribution in [0, 0.1) is 5.92 Å². The Morgan fingerprint density at radius 1 is 1.58 bits per heavy atom. The number of aliphatic hydroxyl groups excluding tert-OH is 1. The SMILES string of the molecule is CCc1csc(NC(=O)N2CCCC(C(O)c3nccn3C)C2)n1. The molecule has 24 heavy (non-hydrogen) atoms. The van der Waals surface area contributed by atoms with E-state index in [4.69, 9.17) is 0 Å². The Kier molecular flexibility index (Phi) is 5.15. The number of rotatable bonds is 4. The van der Waals surface area contributed by atoms with Crippen molar-refractivity contribution in [3.63, 3.8) is 0 Å². The van der Waals surface area contributed by atoms with Crippen LogP contribution in [0.2, 0.25) is 0 Å². The van der Waals surface area contributed by atoms with Gasteiger partial charge in [0.2, 0.25) is 0 Å². The van der Waals surface area contributed by atoms with Crippen molar-refractivity contribution >= 4 is 22.5 Å². The molecule has 2 aromatic heterocycles. The summed E-state index contributed by atoms with van der Waals surface area (Å²) in [6.45, 7) is 3.25. The number of thiazole rings is 1. The summed E-state index contributed by atoms with van der Waals surface area (Å²) in [6, 6.07) is -0.149. The molecule has 2 unspecified atom stereocenters. The molecular formula is C16H23N5O2S. The third-order valence-corrected chi connectivity index (χ3v) is 5.25. The van der Waals surface area contributed by atoms with Gasteiger partial charge in [0.25, 0.3) is 0 Å². The number of likely N-dealkylation sites (tertiary alicyclic amines) is 1. The van der Waals surface area contributed by atoms with Gasteiger partial charge in [-0.1, -0.05) is 6.92 Å². The lowest BCUT2D eigenvalue weighted by atomic mass is 9.92. The molecule has 3 heterocycles. The highest BCUT2D eigenvalue weighted by atomic mass is 32.1. The zero-order valence-electron chi connectivity index (χ0n) is 14.0. The summed E-state index contributed by atoms with van der Waals surface area (Å²) in [5, 5.41) is 16.0. The second-order valence-electron chi connectivity index (χ2n) is 6.12. The van der Waals surface area contributed by atoms with Crippen molar-refractivity contribution < 1.29 is 9.90 Å². The average molecular weight is 349 g/mol. The fraction of sp³-hybridized carbons (Fsp3) is 0.562. The number of nitrogens with zero attached hydrogens (tertiary/aromatic N) is 4. The van der Waals surface area contributed by atoms with E-state index < -0.39 is 6.10 Å². The first kappa shape index (κ1) is 16.9. The Hall–Kier alpha value is -1.93. The van der Waals surface area contributed by atoms with Crippen LogP contribution in [-0.4, -0.2) is 43.7 Å². The number of imidazole rings is 1. The van der Waals surface area contributed by atoms with Gasteiger partial charge in [0, 0.05) is 43.8 Å². The van der Waals surface area contributed by atoms with Crippen LogP contribution >= 0.6 is 11.3 Å². The molecule has 7 nitrogen and oxygen atoms in total. The lowest BCUT2D eigenvalue weighted by molar-refractivity contribution is 0.0552. The molecule has 2 atom stereocenters. The van der Waals surface area contributed by atoms with Gasteiger partial charge in [-0.25, -0.2) is 14.8 Å². The number of anilines is 1. The number of amides is 2. The van der Waals surface area contributed by atoms with E-state index in [0.29, 0.717) is 24.0 Å². The minimum absolute atomic E-state index is 0.00639. The Bertz CT molecular complexity index is 698. The highest BCUT2D eigenvalue weighted by Crippen LogP contribution is 2.29. The smallest absolute Gasteiger partial charge is 0.323 e. The number of piperidine rings is 1. The molecule has 130 valence electrons. The number of hydrogen-bond acceptors (Lipinski definition) is 5. The summed E-state index contributed by atoms with van der Waals surface area (Å²) in [6.07, 6.45) is 5.45. The summed E-state index contributed by atoms with van der Waals surface area (Å²) in [5.41, 5.74) is 0.983. The van der Waals surface area contributed by atoms with Gasteiger partial charge in [0.05, 0.1) is 5.69 Å². The van der Waals surface area contributed by atoms with Crippen molar-refractivity contribution in [1.29, 1.82) is 0 Å². The molecule has 2 amide bonds. The van der Waals surface area contributed by atoms with Crippen molar-refractivity contribution in [3.05, 3.63) is 29.3 Å². The molecule has 2 N–H and O–H groups in total. The quantitative estimate of drug-likeness (QED) is 0.888. The van der Waals surface area contributed by atoms with E-state index in [9.17, 15) is 9.90 Å². The third kappa shape index (κ3) is 3.59. The van der Waals surface area contributed by atoms with Gasteiger partial charge >= 0.3 is 6.03 Å². The zero-order chi connectivity index (χ0) is 17.1. The molecule has 8 heteroatoms. The number of carbonyl (C=O) groups is 1. The second kappa shape index (κ2) is 7.31. The molecule has 3 rings (SSSR count). The van der Waals surface area contributed by atoms with Crippen molar-refractivity contribution in [1.82, 2.24) is 19.4 Å². The van der Waals surface area contributed by atoms with Crippen molar-refractivity contribution in [2.24, 2.45) is 13.0 Å². The summed E-state index contributed by atoms with van der Waals surface area (Å²) in [4.78, 5) is 22.8. The van der Waals surface area contributed by atoms with Crippen LogP contribution in [0.25, 0.3) is 0 Å². The molecular weight excluding hydrogens is 326 g/mol. The standard InChI is InChI=1S/C16H23N5O2S/c1-3-12-10-24-15(18-12)19-16(23)21-7-4-5-11(9-21)13(22)14-17-6-8-20(14)2/h6,8,10-11,13,22H,3-5,7,9H2,1-2H3,(H,18,19,23). The molecule has 0 spiro atoms. The van der Waals surface area contributed by atoms with Crippen LogP contribution in [0.4, 0.5) is 9.93 Å². The first-order chi connectivity index (χ1) is 11.6. The van der Waals surface area contributed by atoms with E-state index in [1.807, 2.05) is 30.1 Å². The van der Waals surface area contributed by atoms with Gasteiger partial charge in [-0.15, -0.1) is 11.3 Å². The second-order valence-corrected chi connectivity index (χ2v) is 6.98. The molecule has 1 aliphatic rings. The van der Waals surface area contributed by atoms with Crippen LogP contribution in [0.5, 0.6) is 0 Å². The largest absolute Gasteiger partial charge is 0.385 e. The molecule has 1 saturated heterocycles. The number of carbonyl (C=O) groups excluding carboxylic acids is 1. The zero-order valence-corrected chi connectivity index (χ0v) is 14.8. The van der Waals surface area contributed by atoms with Gasteiger partial charge in [-0.05, 0) is 19.3 Å². The fourth-order valence-corrected chi connectivity index (χ4v) is 3.81. The van der Waals surface area contributed by atoms with Gasteiger partial charge in [-0.3, -0.25) is 5.32 Å². The number of urea groups is 1. The molecule has 0 saturated carbocycles. The maximum absolute atomic E-state index is 12.5. The molecule has 1 fully saturated rings. The maximum Gasteiger partial charge on any atom is 0.323 e. The van der Waals surface area contributed by atoms with Gasteiger partial charge < -0.3 is 14.6 Å². The first-order valence-electron chi connectivity index (χ1n) is 8.24. The summed E-state index contributed by atoms with van der Waals surface area (Å²) >= 11 is 1.44. The lowest BCUT2D eigenvalue weighted by Gasteiger charge is -2.34. The van der Waals surface area contributed by atoms with E-state index in [1.165, 1.54) is 11.3 Å². The molecule has 2 aromatic rings. The van der Waals surface area contributed by atoms with E-state index >= 15 is 0 Å². The van der Waals surface area contributed by atoms with E-state index in [1.54, 1.807) is 11.1 Å². The molecule has 0 radical (unpaired) electrons. The first-order valence-corrected chi connectivity index (χ1v) is 9.12. The average Bonchev–Trinajstić information content (AvgIpc) is 3.23. The highest BCUT2D eigenvalue weighted by Gasteiger charge is 2.31. The van der Waals surface area contributed by atoms with E-state index in [-0.39, 0.29) is 11.9 Å². The summed E-state index contributed by atoms with van der Waals surface area (Å²) < 4.78 is 1.82. The van der Waals surface area contributed by atoms with Gasteiger partial charge in [0.1, 0.15) is 11.9 Å². The van der Waals surface area contributed by atoms with Crippen molar-refractivity contribution in [2.75, 3.05) is 18.4 Å². The topological polar surface area (TPSA) is 83.3 Å². The lowest BCUT2D eigenvalue weighted by Crippen LogP contribution is -2.44. The summed E-state index contributed by atoms with van der Waals surface area (Å²) in [7, 11) is 1.87. The van der Waals surface area contributed by atoms with Crippen LogP contribution in [0.15, 0.2) is 17.8 Å². The normalized spacial score (nSPS) is 19.3. The molecule has 0 aromatic carbocycles. The number of nitrogens with one attached hydrogen (secondary N) is 1. The predicted molar refractivity (Wildman–Crippen MR) is 93.0 cm³/mol. The van der Waals surface area contributed by atoms with Crippen LogP contribution in [0.3, 0.4) is 0 Å². The van der Waals surface area contributed by atoms with Crippen LogP contribution in [-0.2, 0) is 13.5 Å². The molecule has 1 aliphatic heterocycles. The number of aryl methyl sites for hydroxylation is 2. The van der Waals surface area contributed by atoms with Gasteiger partial charge in [-0.2, -0.15) is 0 Å². The van der Waals surface area contributed by atoms with E-state index in [0.717, 1.165) is 25.0 Å². The van der Waals surface area contributed by atoms with Crippen molar-refractivity contribution in [2.45, 2.75) is 32.3 Å². The molecule has 0 aliphatic carbocycles. The number of aromatic nitrogens is 3. The maximum atomic E-state index is 12.5. The minimum Gasteiger partial charge on any atom is -0.385 e. The van der Waals surface area contributed by atoms with Crippen LogP contribution < -0.4 is 5.32 Å². The molecule has 0 bridgehead atoms. The Balaban J connectivity index is 1.62. The predicted octanol–water partition coefficient (Wildman–Crippen LogP) is 2.42.